The Morgan fingerprint density at radius 2 is 1.93 bits per heavy atom. The SMILES string of the molecule is Cc1ccc(C[N+](=O)[O-])c([N+](=O)[O-])c1. The second kappa shape index (κ2) is 3.82. The van der Waals surface area contributed by atoms with Crippen molar-refractivity contribution in [3.05, 3.63) is 49.6 Å². The van der Waals surface area contributed by atoms with Crippen LogP contribution in [0.5, 0.6) is 0 Å². The summed E-state index contributed by atoms with van der Waals surface area (Å²) in [5.41, 5.74) is 0.649. The zero-order valence-corrected chi connectivity index (χ0v) is 7.47. The van der Waals surface area contributed by atoms with E-state index in [9.17, 15) is 20.2 Å². The van der Waals surface area contributed by atoms with Crippen LogP contribution in [0.15, 0.2) is 18.2 Å². The Bertz CT molecular complexity index is 389. The molecule has 0 saturated carbocycles. The Kier molecular flexibility index (Phi) is 2.76. The molecule has 0 amide bonds. The molecule has 0 aliphatic rings. The topological polar surface area (TPSA) is 86.3 Å². The Balaban J connectivity index is 3.14. The highest BCUT2D eigenvalue weighted by Gasteiger charge is 2.17. The highest BCUT2D eigenvalue weighted by atomic mass is 16.6. The molecular formula is C8H8N2O4. The minimum absolute atomic E-state index is 0.130. The van der Waals surface area contributed by atoms with Crippen molar-refractivity contribution in [1.82, 2.24) is 0 Å². The second-order valence-corrected chi connectivity index (χ2v) is 2.88. The fourth-order valence-electron chi connectivity index (χ4n) is 1.12. The number of benzene rings is 1. The number of hydrogen-bond donors (Lipinski definition) is 0. The summed E-state index contributed by atoms with van der Waals surface area (Å²) in [7, 11) is 0. The van der Waals surface area contributed by atoms with Crippen LogP contribution in [-0.4, -0.2) is 9.85 Å². The summed E-state index contributed by atoms with van der Waals surface area (Å²) in [6.45, 7) is 1.18. The second-order valence-electron chi connectivity index (χ2n) is 2.88. The first-order valence-corrected chi connectivity index (χ1v) is 3.86. The lowest BCUT2D eigenvalue weighted by atomic mass is 10.1. The maximum Gasteiger partial charge on any atom is 0.279 e. The smallest absolute Gasteiger partial charge is 0.264 e. The van der Waals surface area contributed by atoms with Gasteiger partial charge in [-0.05, 0) is 18.6 Å². The molecule has 0 aromatic heterocycles. The van der Waals surface area contributed by atoms with E-state index in [2.05, 4.69) is 0 Å². The molecule has 14 heavy (non-hydrogen) atoms. The Morgan fingerprint density at radius 3 is 2.43 bits per heavy atom. The number of rotatable bonds is 3. The number of nitro benzene ring substituents is 1. The Hall–Kier alpha value is -1.98. The van der Waals surface area contributed by atoms with Gasteiger partial charge in [-0.15, -0.1) is 0 Å². The van der Waals surface area contributed by atoms with E-state index in [-0.39, 0.29) is 11.3 Å². The molecule has 0 unspecified atom stereocenters. The van der Waals surface area contributed by atoms with Crippen molar-refractivity contribution in [3.8, 4) is 0 Å². The van der Waals surface area contributed by atoms with E-state index in [1.165, 1.54) is 12.1 Å². The van der Waals surface area contributed by atoms with Gasteiger partial charge in [-0.3, -0.25) is 20.2 Å². The summed E-state index contributed by atoms with van der Waals surface area (Å²) in [6.07, 6.45) is 0. The Labute approximate surface area is 79.5 Å². The van der Waals surface area contributed by atoms with Gasteiger partial charge in [0.1, 0.15) is 0 Å². The molecule has 0 N–H and O–H groups in total. The van der Waals surface area contributed by atoms with Crippen LogP contribution in [0.1, 0.15) is 11.1 Å². The van der Waals surface area contributed by atoms with Gasteiger partial charge in [0.2, 0.25) is 6.54 Å². The third-order valence-electron chi connectivity index (χ3n) is 1.74. The molecule has 6 heteroatoms. The standard InChI is InChI=1S/C8H8N2O4/c1-6-2-3-7(5-9(11)12)8(4-6)10(13)14/h2-4H,5H2,1H3. The van der Waals surface area contributed by atoms with Crippen LogP contribution in [0.3, 0.4) is 0 Å². The van der Waals surface area contributed by atoms with E-state index in [0.717, 1.165) is 0 Å². The normalized spacial score (nSPS) is 9.79. The molecule has 0 aliphatic heterocycles. The first-order valence-electron chi connectivity index (χ1n) is 3.86. The van der Waals surface area contributed by atoms with Crippen molar-refractivity contribution in [2.75, 3.05) is 0 Å². The summed E-state index contributed by atoms with van der Waals surface area (Å²) in [6, 6.07) is 4.36. The van der Waals surface area contributed by atoms with E-state index < -0.39 is 16.4 Å². The molecule has 1 aromatic rings. The van der Waals surface area contributed by atoms with Gasteiger partial charge in [-0.2, -0.15) is 0 Å². The molecule has 0 bridgehead atoms. The van der Waals surface area contributed by atoms with Gasteiger partial charge in [0.25, 0.3) is 5.69 Å². The van der Waals surface area contributed by atoms with Gasteiger partial charge in [0.15, 0.2) is 0 Å². The summed E-state index contributed by atoms with van der Waals surface area (Å²) < 4.78 is 0. The molecule has 1 rings (SSSR count). The maximum atomic E-state index is 10.5. The first-order chi connectivity index (χ1) is 6.50. The largest absolute Gasteiger partial charge is 0.279 e. The van der Waals surface area contributed by atoms with Crippen molar-refractivity contribution in [1.29, 1.82) is 0 Å². The van der Waals surface area contributed by atoms with Crippen molar-refractivity contribution >= 4 is 5.69 Å². The molecular weight excluding hydrogens is 188 g/mol. The molecule has 0 saturated heterocycles. The van der Waals surface area contributed by atoms with Gasteiger partial charge in [0.05, 0.1) is 10.5 Å². The van der Waals surface area contributed by atoms with Crippen molar-refractivity contribution in [2.24, 2.45) is 0 Å². The monoisotopic (exact) mass is 196 g/mol. The van der Waals surface area contributed by atoms with Crippen LogP contribution in [0.4, 0.5) is 5.69 Å². The molecule has 74 valence electrons. The van der Waals surface area contributed by atoms with E-state index in [0.29, 0.717) is 5.56 Å². The fraction of sp³-hybridized carbons (Fsp3) is 0.250. The van der Waals surface area contributed by atoms with Crippen LogP contribution < -0.4 is 0 Å². The molecule has 0 radical (unpaired) electrons. The molecule has 6 nitrogen and oxygen atoms in total. The van der Waals surface area contributed by atoms with E-state index in [4.69, 9.17) is 0 Å². The van der Waals surface area contributed by atoms with Gasteiger partial charge in [-0.1, -0.05) is 6.07 Å². The predicted octanol–water partition coefficient (Wildman–Crippen LogP) is 1.68. The molecule has 0 spiro atoms. The van der Waals surface area contributed by atoms with Crippen LogP contribution in [0.25, 0.3) is 0 Å². The van der Waals surface area contributed by atoms with Crippen molar-refractivity contribution in [2.45, 2.75) is 13.5 Å². The zero-order valence-electron chi connectivity index (χ0n) is 7.47. The summed E-state index contributed by atoms with van der Waals surface area (Å²) >= 11 is 0. The maximum absolute atomic E-state index is 10.5. The van der Waals surface area contributed by atoms with Crippen molar-refractivity contribution < 1.29 is 9.85 Å². The quantitative estimate of drug-likeness (QED) is 0.543. The van der Waals surface area contributed by atoms with Gasteiger partial charge in [0, 0.05) is 11.0 Å². The average molecular weight is 196 g/mol. The lowest BCUT2D eigenvalue weighted by Crippen LogP contribution is -2.02. The summed E-state index contributed by atoms with van der Waals surface area (Å²) in [5.74, 6) is 0. The predicted molar refractivity (Wildman–Crippen MR) is 48.5 cm³/mol. The summed E-state index contributed by atoms with van der Waals surface area (Å²) in [4.78, 5) is 19.6. The van der Waals surface area contributed by atoms with Crippen LogP contribution >= 0.6 is 0 Å². The number of nitrogens with zero attached hydrogens (tertiary/aromatic N) is 2. The third kappa shape index (κ3) is 2.25. The Morgan fingerprint density at radius 1 is 1.29 bits per heavy atom. The van der Waals surface area contributed by atoms with Gasteiger partial charge < -0.3 is 0 Å². The average Bonchev–Trinajstić information content (AvgIpc) is 2.07. The highest BCUT2D eigenvalue weighted by Crippen LogP contribution is 2.20. The van der Waals surface area contributed by atoms with E-state index in [1.54, 1.807) is 13.0 Å². The van der Waals surface area contributed by atoms with Crippen LogP contribution in [0.2, 0.25) is 0 Å². The fourth-order valence-corrected chi connectivity index (χ4v) is 1.12. The molecule has 0 heterocycles. The van der Waals surface area contributed by atoms with Gasteiger partial charge in [-0.25, -0.2) is 0 Å². The first kappa shape index (κ1) is 10.1. The van der Waals surface area contributed by atoms with E-state index in [1.807, 2.05) is 0 Å². The minimum atomic E-state index is -0.605. The van der Waals surface area contributed by atoms with Crippen molar-refractivity contribution in [3.63, 3.8) is 0 Å². The molecule has 0 aliphatic carbocycles. The zero-order chi connectivity index (χ0) is 10.7. The molecule has 0 fully saturated rings. The van der Waals surface area contributed by atoms with Crippen LogP contribution in [0, 0.1) is 27.2 Å². The van der Waals surface area contributed by atoms with Gasteiger partial charge >= 0.3 is 0 Å². The number of nitro groups is 2. The lowest BCUT2D eigenvalue weighted by molar-refractivity contribution is -0.498. The highest BCUT2D eigenvalue weighted by molar-refractivity contribution is 5.42. The van der Waals surface area contributed by atoms with Crippen LogP contribution in [-0.2, 0) is 6.54 Å². The van der Waals surface area contributed by atoms with E-state index >= 15 is 0 Å². The molecule has 0 atom stereocenters. The number of hydrogen-bond acceptors (Lipinski definition) is 4. The minimum Gasteiger partial charge on any atom is -0.264 e. The third-order valence-corrected chi connectivity index (χ3v) is 1.74. The number of aryl methyl sites for hydroxylation is 1. The lowest BCUT2D eigenvalue weighted by Gasteiger charge is -1.99. The molecule has 1 aromatic carbocycles. The summed E-state index contributed by atoms with van der Waals surface area (Å²) in [5, 5.41) is 20.7.